The zero-order valence-electron chi connectivity index (χ0n) is 18.6. The average Bonchev–Trinajstić information content (AvgIpc) is 3.11. The maximum atomic E-state index is 13.1. The minimum atomic E-state index is -3.66. The van der Waals surface area contributed by atoms with E-state index in [-0.39, 0.29) is 22.8 Å². The standard InChI is InChI=1S/C24H30N4O4S/c1-2-23(29)25-18-7-5-14-28(15-13-18)33(31,32)20-11-9-19(10-12-20)26-24(30)22-16-17-6-3-4-8-21(17)27-22/h2,9-12,16,18,27H,1,3-8,13-15H2,(H,25,29)(H,26,30). The van der Waals surface area contributed by atoms with E-state index in [2.05, 4.69) is 22.2 Å². The molecule has 1 atom stereocenters. The van der Waals surface area contributed by atoms with Gasteiger partial charge in [-0.15, -0.1) is 0 Å². The quantitative estimate of drug-likeness (QED) is 0.564. The van der Waals surface area contributed by atoms with E-state index in [1.807, 2.05) is 6.07 Å². The Morgan fingerprint density at radius 2 is 1.82 bits per heavy atom. The molecule has 1 saturated heterocycles. The third-order valence-electron chi connectivity index (χ3n) is 6.33. The summed E-state index contributed by atoms with van der Waals surface area (Å²) >= 11 is 0. The van der Waals surface area contributed by atoms with Gasteiger partial charge in [0, 0.05) is 30.5 Å². The van der Waals surface area contributed by atoms with Gasteiger partial charge in [-0.3, -0.25) is 9.59 Å². The molecule has 4 rings (SSSR count). The van der Waals surface area contributed by atoms with Gasteiger partial charge in [0.1, 0.15) is 5.69 Å². The Kier molecular flexibility index (Phi) is 6.99. The minimum Gasteiger partial charge on any atom is -0.354 e. The number of carbonyl (C=O) groups is 2. The minimum absolute atomic E-state index is 0.0630. The summed E-state index contributed by atoms with van der Waals surface area (Å²) in [6, 6.07) is 8.11. The maximum absolute atomic E-state index is 13.1. The number of H-pyrrole nitrogens is 1. The number of hydrogen-bond acceptors (Lipinski definition) is 4. The fourth-order valence-corrected chi connectivity index (χ4v) is 5.99. The fraction of sp³-hybridized carbons (Fsp3) is 0.417. The number of fused-ring (bicyclic) bond motifs is 1. The Bertz CT molecular complexity index is 1110. The molecule has 1 fully saturated rings. The summed E-state index contributed by atoms with van der Waals surface area (Å²) in [7, 11) is -3.66. The van der Waals surface area contributed by atoms with Crippen LogP contribution in [0.1, 0.15) is 53.8 Å². The van der Waals surface area contributed by atoms with Gasteiger partial charge in [0.2, 0.25) is 15.9 Å². The molecule has 8 nitrogen and oxygen atoms in total. The first-order valence-electron chi connectivity index (χ1n) is 11.4. The molecule has 33 heavy (non-hydrogen) atoms. The first-order valence-corrected chi connectivity index (χ1v) is 12.9. The molecule has 2 amide bonds. The molecule has 1 aliphatic carbocycles. The number of anilines is 1. The smallest absolute Gasteiger partial charge is 0.272 e. The van der Waals surface area contributed by atoms with Crippen LogP contribution in [0.15, 0.2) is 47.9 Å². The first kappa shape index (κ1) is 23.3. The van der Waals surface area contributed by atoms with Crippen molar-refractivity contribution >= 4 is 27.5 Å². The predicted molar refractivity (Wildman–Crippen MR) is 127 cm³/mol. The number of nitrogens with one attached hydrogen (secondary N) is 3. The number of aromatic nitrogens is 1. The fourth-order valence-electron chi connectivity index (χ4n) is 4.50. The van der Waals surface area contributed by atoms with E-state index in [9.17, 15) is 18.0 Å². The lowest BCUT2D eigenvalue weighted by atomic mass is 9.98. The van der Waals surface area contributed by atoms with Crippen LogP contribution in [0.5, 0.6) is 0 Å². The van der Waals surface area contributed by atoms with E-state index < -0.39 is 10.0 Å². The molecule has 0 radical (unpaired) electrons. The molecular formula is C24H30N4O4S. The zero-order valence-corrected chi connectivity index (χ0v) is 19.4. The average molecular weight is 471 g/mol. The van der Waals surface area contributed by atoms with Crippen LogP contribution in [0, 0.1) is 0 Å². The van der Waals surface area contributed by atoms with Crippen molar-refractivity contribution in [1.29, 1.82) is 0 Å². The van der Waals surface area contributed by atoms with Crippen LogP contribution in [0.25, 0.3) is 0 Å². The summed E-state index contributed by atoms with van der Waals surface area (Å²) in [4.78, 5) is 27.6. The van der Waals surface area contributed by atoms with E-state index in [1.54, 1.807) is 12.1 Å². The van der Waals surface area contributed by atoms with Crippen LogP contribution >= 0.6 is 0 Å². The van der Waals surface area contributed by atoms with Gasteiger partial charge in [-0.05, 0) is 86.9 Å². The van der Waals surface area contributed by atoms with Crippen LogP contribution < -0.4 is 10.6 Å². The van der Waals surface area contributed by atoms with Crippen LogP contribution in [0.3, 0.4) is 0 Å². The predicted octanol–water partition coefficient (Wildman–Crippen LogP) is 2.99. The number of aryl methyl sites for hydroxylation is 2. The number of aromatic amines is 1. The Morgan fingerprint density at radius 3 is 2.55 bits per heavy atom. The van der Waals surface area contributed by atoms with Crippen LogP contribution in [-0.4, -0.2) is 48.7 Å². The maximum Gasteiger partial charge on any atom is 0.272 e. The SMILES string of the molecule is C=CC(=O)NC1CCCN(S(=O)(=O)c2ccc(NC(=O)c3cc4c([nH]3)CCCC4)cc2)CC1. The molecule has 0 saturated carbocycles. The number of carbonyl (C=O) groups excluding carboxylic acids is 2. The number of amides is 2. The largest absolute Gasteiger partial charge is 0.354 e. The van der Waals surface area contributed by atoms with Gasteiger partial charge in [0.25, 0.3) is 5.91 Å². The Morgan fingerprint density at radius 1 is 1.06 bits per heavy atom. The highest BCUT2D eigenvalue weighted by molar-refractivity contribution is 7.89. The van der Waals surface area contributed by atoms with Crippen LogP contribution in [0.2, 0.25) is 0 Å². The summed E-state index contributed by atoms with van der Waals surface area (Å²) < 4.78 is 27.7. The summed E-state index contributed by atoms with van der Waals surface area (Å²) in [5.41, 5.74) is 3.41. The molecule has 0 bridgehead atoms. The van der Waals surface area contributed by atoms with Crippen LogP contribution in [0.4, 0.5) is 5.69 Å². The molecule has 1 aromatic heterocycles. The van der Waals surface area contributed by atoms with Crippen molar-refractivity contribution < 1.29 is 18.0 Å². The van der Waals surface area contributed by atoms with Crippen LogP contribution in [-0.2, 0) is 27.7 Å². The number of nitrogens with zero attached hydrogens (tertiary/aromatic N) is 1. The van der Waals surface area contributed by atoms with E-state index in [0.717, 1.165) is 37.8 Å². The lowest BCUT2D eigenvalue weighted by molar-refractivity contribution is -0.117. The van der Waals surface area contributed by atoms with E-state index in [4.69, 9.17) is 0 Å². The topological polar surface area (TPSA) is 111 Å². The highest BCUT2D eigenvalue weighted by Crippen LogP contribution is 2.24. The van der Waals surface area contributed by atoms with E-state index in [1.165, 1.54) is 28.1 Å². The van der Waals surface area contributed by atoms with Gasteiger partial charge >= 0.3 is 0 Å². The third kappa shape index (κ3) is 5.36. The molecular weight excluding hydrogens is 440 g/mol. The monoisotopic (exact) mass is 470 g/mol. The Hall–Kier alpha value is -2.91. The molecule has 3 N–H and O–H groups in total. The van der Waals surface area contributed by atoms with Crippen molar-refractivity contribution in [3.8, 4) is 0 Å². The van der Waals surface area contributed by atoms with Gasteiger partial charge < -0.3 is 15.6 Å². The molecule has 2 aliphatic rings. The number of benzene rings is 1. The second-order valence-corrected chi connectivity index (χ2v) is 10.6. The lowest BCUT2D eigenvalue weighted by Gasteiger charge is -2.20. The normalized spacial score (nSPS) is 19.2. The van der Waals surface area contributed by atoms with E-state index >= 15 is 0 Å². The molecule has 1 aliphatic heterocycles. The highest BCUT2D eigenvalue weighted by atomic mass is 32.2. The number of rotatable bonds is 6. The third-order valence-corrected chi connectivity index (χ3v) is 8.24. The second kappa shape index (κ2) is 9.93. The van der Waals surface area contributed by atoms with Crippen molar-refractivity contribution in [2.45, 2.75) is 55.9 Å². The van der Waals surface area contributed by atoms with Gasteiger partial charge in [0.05, 0.1) is 4.90 Å². The van der Waals surface area contributed by atoms with Crippen molar-refractivity contribution in [1.82, 2.24) is 14.6 Å². The molecule has 1 unspecified atom stereocenters. The van der Waals surface area contributed by atoms with Crippen molar-refractivity contribution in [2.75, 3.05) is 18.4 Å². The summed E-state index contributed by atoms with van der Waals surface area (Å²) in [6.45, 7) is 4.19. The number of hydrogen-bond donors (Lipinski definition) is 3. The molecule has 2 aromatic rings. The summed E-state index contributed by atoms with van der Waals surface area (Å²) in [5, 5.41) is 5.69. The molecule has 2 heterocycles. The Labute approximate surface area is 194 Å². The molecule has 9 heteroatoms. The second-order valence-electron chi connectivity index (χ2n) is 8.62. The van der Waals surface area contributed by atoms with Gasteiger partial charge in [-0.1, -0.05) is 6.58 Å². The molecule has 0 spiro atoms. The van der Waals surface area contributed by atoms with Gasteiger partial charge in [0.15, 0.2) is 0 Å². The van der Waals surface area contributed by atoms with Crippen molar-refractivity contribution in [3.63, 3.8) is 0 Å². The van der Waals surface area contributed by atoms with Gasteiger partial charge in [-0.2, -0.15) is 4.31 Å². The van der Waals surface area contributed by atoms with E-state index in [0.29, 0.717) is 37.3 Å². The van der Waals surface area contributed by atoms with Crippen molar-refractivity contribution in [2.24, 2.45) is 0 Å². The lowest BCUT2D eigenvalue weighted by Crippen LogP contribution is -2.36. The molecule has 1 aromatic carbocycles. The Balaban J connectivity index is 1.39. The summed E-state index contributed by atoms with van der Waals surface area (Å²) in [5.74, 6) is -0.478. The molecule has 176 valence electrons. The van der Waals surface area contributed by atoms with Gasteiger partial charge in [-0.25, -0.2) is 8.42 Å². The first-order chi connectivity index (χ1) is 15.9. The summed E-state index contributed by atoms with van der Waals surface area (Å²) in [6.07, 6.45) is 7.39. The van der Waals surface area contributed by atoms with Crippen molar-refractivity contribution in [3.05, 3.63) is 59.9 Å². The number of sulfonamides is 1. The zero-order chi connectivity index (χ0) is 23.4. The highest BCUT2D eigenvalue weighted by Gasteiger charge is 2.28.